The Morgan fingerprint density at radius 3 is 1.72 bits per heavy atom. The topological polar surface area (TPSA) is 46.2 Å². The Hall–Kier alpha value is -0.830. The summed E-state index contributed by atoms with van der Waals surface area (Å²) >= 11 is 0. The van der Waals surface area contributed by atoms with E-state index in [1.807, 2.05) is 0 Å². The van der Waals surface area contributed by atoms with E-state index in [0.717, 1.165) is 25.7 Å². The Labute approximate surface area is 111 Å². The minimum Gasteiger partial charge on any atom is -0.463 e. The number of hydrogen-bond donors (Lipinski definition) is 0. The van der Waals surface area contributed by atoms with Crippen molar-refractivity contribution < 1.29 is 14.6 Å². The summed E-state index contributed by atoms with van der Waals surface area (Å²) in [5.74, 6) is -0.326. The fourth-order valence-electron chi connectivity index (χ4n) is 1.85. The highest BCUT2D eigenvalue weighted by atomic mass is 16.5. The highest BCUT2D eigenvalue weighted by Gasteiger charge is 1.96. The van der Waals surface area contributed by atoms with Crippen LogP contribution in [0.3, 0.4) is 0 Å². The molecule has 0 bridgehead atoms. The van der Waals surface area contributed by atoms with Crippen molar-refractivity contribution in [2.45, 2.75) is 64.2 Å². The van der Waals surface area contributed by atoms with Crippen molar-refractivity contribution in [3.05, 3.63) is 12.7 Å². The Kier molecular flexibility index (Phi) is 13.6. The van der Waals surface area contributed by atoms with Crippen molar-refractivity contribution in [1.82, 2.24) is 0 Å². The minimum absolute atomic E-state index is 0.0798. The van der Waals surface area contributed by atoms with Gasteiger partial charge >= 0.3 is 5.97 Å². The van der Waals surface area contributed by atoms with Gasteiger partial charge in [0, 0.05) is 6.08 Å². The third kappa shape index (κ3) is 13.2. The summed E-state index contributed by atoms with van der Waals surface area (Å²) < 4.78 is 4.89. The quantitative estimate of drug-likeness (QED) is 0.283. The van der Waals surface area contributed by atoms with Crippen molar-refractivity contribution in [2.24, 2.45) is 0 Å². The molecule has 0 aliphatic rings. The van der Waals surface area contributed by atoms with E-state index in [4.69, 9.17) is 4.74 Å². The standard InChI is InChI=1S/C15H27O3/c1-2-15(17)18-14-12-10-8-6-4-3-5-7-9-11-13-16/h2H,1,3-14H2. The zero-order valence-corrected chi connectivity index (χ0v) is 11.5. The first kappa shape index (κ1) is 17.2. The Morgan fingerprint density at radius 1 is 0.833 bits per heavy atom. The van der Waals surface area contributed by atoms with Gasteiger partial charge in [0.15, 0.2) is 0 Å². The van der Waals surface area contributed by atoms with E-state index >= 15 is 0 Å². The molecule has 3 heteroatoms. The van der Waals surface area contributed by atoms with Crippen LogP contribution >= 0.6 is 0 Å². The summed E-state index contributed by atoms with van der Waals surface area (Å²) in [6.07, 6.45) is 12.7. The summed E-state index contributed by atoms with van der Waals surface area (Å²) in [6, 6.07) is 0. The lowest BCUT2D eigenvalue weighted by Gasteiger charge is -2.03. The molecule has 105 valence electrons. The molecule has 0 heterocycles. The molecular formula is C15H27O3. The average molecular weight is 255 g/mol. The fourth-order valence-corrected chi connectivity index (χ4v) is 1.85. The van der Waals surface area contributed by atoms with Crippen molar-refractivity contribution >= 4 is 5.97 Å². The van der Waals surface area contributed by atoms with E-state index in [2.05, 4.69) is 6.58 Å². The molecule has 0 rings (SSSR count). The third-order valence-electron chi connectivity index (χ3n) is 2.95. The molecule has 0 N–H and O–H groups in total. The van der Waals surface area contributed by atoms with E-state index in [9.17, 15) is 9.90 Å². The maximum absolute atomic E-state index is 10.7. The predicted molar refractivity (Wildman–Crippen MR) is 72.9 cm³/mol. The monoisotopic (exact) mass is 255 g/mol. The van der Waals surface area contributed by atoms with Gasteiger partial charge in [0.05, 0.1) is 13.2 Å². The van der Waals surface area contributed by atoms with Gasteiger partial charge in [0.25, 0.3) is 0 Å². The fraction of sp³-hybridized carbons (Fsp3) is 0.800. The van der Waals surface area contributed by atoms with E-state index in [1.165, 1.54) is 44.6 Å². The van der Waals surface area contributed by atoms with E-state index < -0.39 is 0 Å². The van der Waals surface area contributed by atoms with Gasteiger partial charge in [0.2, 0.25) is 0 Å². The largest absolute Gasteiger partial charge is 0.463 e. The normalized spacial score (nSPS) is 10.3. The van der Waals surface area contributed by atoms with Crippen LogP contribution in [0.5, 0.6) is 0 Å². The lowest BCUT2D eigenvalue weighted by atomic mass is 10.1. The number of carbonyl (C=O) groups is 1. The molecule has 0 saturated heterocycles. The third-order valence-corrected chi connectivity index (χ3v) is 2.95. The molecular weight excluding hydrogens is 228 g/mol. The lowest BCUT2D eigenvalue weighted by molar-refractivity contribution is -0.137. The van der Waals surface area contributed by atoms with Crippen LogP contribution in [-0.4, -0.2) is 19.2 Å². The van der Waals surface area contributed by atoms with Crippen molar-refractivity contribution in [3.8, 4) is 0 Å². The van der Waals surface area contributed by atoms with Gasteiger partial charge in [-0.25, -0.2) is 9.90 Å². The summed E-state index contributed by atoms with van der Waals surface area (Å²) in [7, 11) is 0. The van der Waals surface area contributed by atoms with Crippen molar-refractivity contribution in [2.75, 3.05) is 13.2 Å². The van der Waals surface area contributed by atoms with Crippen molar-refractivity contribution in [3.63, 3.8) is 0 Å². The number of carbonyl (C=O) groups excluding carboxylic acids is 1. The lowest BCUT2D eigenvalue weighted by Crippen LogP contribution is -2.01. The van der Waals surface area contributed by atoms with Crippen LogP contribution in [0, 0.1) is 0 Å². The maximum Gasteiger partial charge on any atom is 0.330 e. The summed E-state index contributed by atoms with van der Waals surface area (Å²) in [6.45, 7) is 3.94. The van der Waals surface area contributed by atoms with Gasteiger partial charge in [-0.3, -0.25) is 0 Å². The zero-order valence-electron chi connectivity index (χ0n) is 11.5. The summed E-state index contributed by atoms with van der Waals surface area (Å²) in [5.41, 5.74) is 0. The second-order valence-corrected chi connectivity index (χ2v) is 4.61. The molecule has 0 aliphatic carbocycles. The summed E-state index contributed by atoms with van der Waals surface area (Å²) in [4.78, 5) is 10.7. The first-order chi connectivity index (χ1) is 8.81. The van der Waals surface area contributed by atoms with Gasteiger partial charge < -0.3 is 4.74 Å². The SMILES string of the molecule is C=CC(=O)OCCCCCCCCCCCC[O]. The van der Waals surface area contributed by atoms with Gasteiger partial charge in [-0.15, -0.1) is 0 Å². The smallest absolute Gasteiger partial charge is 0.330 e. The van der Waals surface area contributed by atoms with E-state index in [1.54, 1.807) is 0 Å². The van der Waals surface area contributed by atoms with Crippen LogP contribution in [0.15, 0.2) is 12.7 Å². The van der Waals surface area contributed by atoms with Crippen LogP contribution in [0.4, 0.5) is 0 Å². The molecule has 18 heavy (non-hydrogen) atoms. The van der Waals surface area contributed by atoms with Crippen LogP contribution in [0.2, 0.25) is 0 Å². The molecule has 0 spiro atoms. The number of ether oxygens (including phenoxy) is 1. The minimum atomic E-state index is -0.326. The molecule has 0 aromatic carbocycles. The molecule has 0 aliphatic heterocycles. The zero-order chi connectivity index (χ0) is 13.5. The Morgan fingerprint density at radius 2 is 1.28 bits per heavy atom. The second kappa shape index (κ2) is 14.2. The van der Waals surface area contributed by atoms with E-state index in [0.29, 0.717) is 6.61 Å². The van der Waals surface area contributed by atoms with E-state index in [-0.39, 0.29) is 12.6 Å². The number of rotatable bonds is 13. The molecule has 0 aromatic rings. The highest BCUT2D eigenvalue weighted by molar-refractivity contribution is 5.81. The highest BCUT2D eigenvalue weighted by Crippen LogP contribution is 2.10. The molecule has 3 nitrogen and oxygen atoms in total. The van der Waals surface area contributed by atoms with Crippen molar-refractivity contribution in [1.29, 1.82) is 0 Å². The number of hydrogen-bond acceptors (Lipinski definition) is 2. The second-order valence-electron chi connectivity index (χ2n) is 4.61. The molecule has 0 atom stereocenters. The molecule has 0 aromatic heterocycles. The average Bonchev–Trinajstić information content (AvgIpc) is 2.39. The van der Waals surface area contributed by atoms with Gasteiger partial charge in [-0.1, -0.05) is 57.9 Å². The molecule has 0 unspecified atom stereocenters. The van der Waals surface area contributed by atoms with Crippen LogP contribution < -0.4 is 0 Å². The molecule has 0 amide bonds. The van der Waals surface area contributed by atoms with Gasteiger partial charge in [-0.2, -0.15) is 0 Å². The number of esters is 1. The molecule has 0 saturated carbocycles. The molecule has 0 fully saturated rings. The Bertz CT molecular complexity index is 202. The first-order valence-electron chi connectivity index (χ1n) is 7.18. The van der Waals surface area contributed by atoms with Crippen LogP contribution in [0.1, 0.15) is 64.2 Å². The van der Waals surface area contributed by atoms with Crippen LogP contribution in [-0.2, 0) is 14.6 Å². The van der Waals surface area contributed by atoms with Gasteiger partial charge in [0.1, 0.15) is 0 Å². The predicted octanol–water partition coefficient (Wildman–Crippen LogP) is 4.05. The maximum atomic E-state index is 10.7. The van der Waals surface area contributed by atoms with Gasteiger partial charge in [-0.05, 0) is 12.8 Å². The first-order valence-corrected chi connectivity index (χ1v) is 7.18. The Balaban J connectivity index is 2.98. The number of unbranched alkanes of at least 4 members (excludes halogenated alkanes) is 9. The van der Waals surface area contributed by atoms with Crippen LogP contribution in [0.25, 0.3) is 0 Å². The molecule has 1 radical (unpaired) electrons. The summed E-state index contributed by atoms with van der Waals surface area (Å²) in [5, 5.41) is 10.2.